The number of nitrogens with one attached hydrogen (secondary N) is 1. The molecule has 1 aromatic heterocycles. The second-order valence-electron chi connectivity index (χ2n) is 11.3. The van der Waals surface area contributed by atoms with Crippen LogP contribution >= 0.6 is 0 Å². The first-order valence-corrected chi connectivity index (χ1v) is 15.4. The fourth-order valence-corrected chi connectivity index (χ4v) is 5.24. The Balaban J connectivity index is 1.90. The van der Waals surface area contributed by atoms with E-state index in [1.54, 1.807) is 0 Å². The fraction of sp³-hybridized carbons (Fsp3) is 0.529. The van der Waals surface area contributed by atoms with Crippen molar-refractivity contribution in [3.05, 3.63) is 52.8 Å². The normalized spacial score (nSPS) is 13.6. The molecule has 2 heterocycles. The molecule has 0 spiro atoms. The molecule has 4 rings (SSSR count). The average Bonchev–Trinajstić information content (AvgIpc) is 3.31. The van der Waals surface area contributed by atoms with Crippen molar-refractivity contribution in [3.63, 3.8) is 0 Å². The Kier molecular flexibility index (Phi) is 10.9. The number of aromatic nitrogens is 1. The van der Waals surface area contributed by atoms with Crippen LogP contribution in [0.4, 0.5) is 0 Å². The van der Waals surface area contributed by atoms with Crippen molar-refractivity contribution in [2.45, 2.75) is 79.1 Å². The van der Waals surface area contributed by atoms with E-state index < -0.39 is 0 Å². The summed E-state index contributed by atoms with van der Waals surface area (Å²) in [5, 5.41) is 7.45. The van der Waals surface area contributed by atoms with Crippen molar-refractivity contribution in [3.8, 4) is 33.9 Å². The second kappa shape index (κ2) is 14.5. The van der Waals surface area contributed by atoms with Crippen LogP contribution in [0.1, 0.15) is 93.5 Å². The van der Waals surface area contributed by atoms with Gasteiger partial charge in [0.25, 0.3) is 5.91 Å². The zero-order chi connectivity index (χ0) is 29.4. The molecule has 0 unspecified atom stereocenters. The Bertz CT molecular complexity index is 1310. The van der Waals surface area contributed by atoms with Crippen LogP contribution in [0.15, 0.2) is 34.9 Å². The number of ether oxygens (including phenoxy) is 2. The van der Waals surface area contributed by atoms with Crippen LogP contribution in [-0.2, 0) is 12.8 Å². The lowest BCUT2D eigenvalue weighted by atomic mass is 9.91. The Morgan fingerprint density at radius 1 is 0.976 bits per heavy atom. The van der Waals surface area contributed by atoms with Gasteiger partial charge in [0, 0.05) is 31.3 Å². The summed E-state index contributed by atoms with van der Waals surface area (Å²) in [7, 11) is 2.17. The van der Waals surface area contributed by atoms with E-state index >= 15 is 0 Å². The molecule has 0 atom stereocenters. The first-order valence-electron chi connectivity index (χ1n) is 15.4. The standard InChI is InChI=1S/C34H47N3O4/c1-7-10-18-39-29-22-30(40-19-11-8-2)28(21-27(29)23(4)5)32-31(33(41-36-32)34(38)35-9-3)26-13-12-24-14-16-37(6)17-15-25(24)20-26/h12-13,20-23H,7-11,14-19H2,1-6H3,(H,35,38). The van der Waals surface area contributed by atoms with Crippen LogP contribution in [-0.4, -0.2) is 55.9 Å². The molecule has 3 aromatic rings. The smallest absolute Gasteiger partial charge is 0.290 e. The van der Waals surface area contributed by atoms with E-state index in [0.29, 0.717) is 36.8 Å². The van der Waals surface area contributed by atoms with E-state index in [2.05, 4.69) is 74.4 Å². The van der Waals surface area contributed by atoms with Gasteiger partial charge in [-0.15, -0.1) is 0 Å². The molecule has 1 aliphatic rings. The molecule has 7 heteroatoms. The first kappa shape index (κ1) is 30.6. The first-order chi connectivity index (χ1) is 19.9. The number of likely N-dealkylation sites (N-methyl/N-ethyl adjacent to an activating group) is 1. The van der Waals surface area contributed by atoms with Crippen LogP contribution in [0.25, 0.3) is 22.4 Å². The maximum Gasteiger partial charge on any atom is 0.290 e. The lowest BCUT2D eigenvalue weighted by molar-refractivity contribution is 0.0920. The fourth-order valence-electron chi connectivity index (χ4n) is 5.24. The lowest BCUT2D eigenvalue weighted by Gasteiger charge is -2.19. The molecule has 1 amide bonds. The predicted octanol–water partition coefficient (Wildman–Crippen LogP) is 7.27. The molecule has 1 aliphatic heterocycles. The van der Waals surface area contributed by atoms with Gasteiger partial charge in [-0.3, -0.25) is 4.79 Å². The monoisotopic (exact) mass is 561 g/mol. The average molecular weight is 562 g/mol. The van der Waals surface area contributed by atoms with Crippen molar-refractivity contribution in [2.75, 3.05) is 39.9 Å². The van der Waals surface area contributed by atoms with Gasteiger partial charge in [0.15, 0.2) is 0 Å². The van der Waals surface area contributed by atoms with E-state index in [-0.39, 0.29) is 17.6 Å². The molecule has 1 N–H and O–H groups in total. The van der Waals surface area contributed by atoms with Crippen LogP contribution < -0.4 is 14.8 Å². The van der Waals surface area contributed by atoms with E-state index in [1.165, 1.54) is 11.1 Å². The van der Waals surface area contributed by atoms with Gasteiger partial charge in [-0.05, 0) is 73.9 Å². The number of hydrogen-bond acceptors (Lipinski definition) is 6. The molecule has 0 radical (unpaired) electrons. The number of amides is 1. The van der Waals surface area contributed by atoms with Gasteiger partial charge in [0.05, 0.1) is 18.8 Å². The highest BCUT2D eigenvalue weighted by Gasteiger charge is 2.28. The van der Waals surface area contributed by atoms with Crippen LogP contribution in [0.3, 0.4) is 0 Å². The van der Waals surface area contributed by atoms with Gasteiger partial charge in [0.1, 0.15) is 17.2 Å². The third-order valence-corrected chi connectivity index (χ3v) is 7.76. The Morgan fingerprint density at radius 2 is 1.66 bits per heavy atom. The predicted molar refractivity (Wildman–Crippen MR) is 165 cm³/mol. The SMILES string of the molecule is CCCCOc1cc(OCCCC)c(C(C)C)cc1-c1noc(C(=O)NCC)c1-c1ccc2c(c1)CCN(C)CC2. The maximum atomic E-state index is 13.2. The summed E-state index contributed by atoms with van der Waals surface area (Å²) in [6.07, 6.45) is 5.99. The third kappa shape index (κ3) is 7.31. The number of unbranched alkanes of at least 4 members (excludes halogenated alkanes) is 2. The molecule has 0 fully saturated rings. The minimum absolute atomic E-state index is 0.220. The number of carbonyl (C=O) groups is 1. The van der Waals surface area contributed by atoms with Crippen LogP contribution in [0, 0.1) is 0 Å². The molecule has 0 saturated carbocycles. The van der Waals surface area contributed by atoms with E-state index in [0.717, 1.165) is 74.1 Å². The minimum atomic E-state index is -0.270. The summed E-state index contributed by atoms with van der Waals surface area (Å²) in [5.74, 6) is 1.71. The van der Waals surface area contributed by atoms with E-state index in [9.17, 15) is 4.79 Å². The molecule has 41 heavy (non-hydrogen) atoms. The molecule has 7 nitrogen and oxygen atoms in total. The lowest BCUT2D eigenvalue weighted by Crippen LogP contribution is -2.22. The number of hydrogen-bond donors (Lipinski definition) is 1. The minimum Gasteiger partial charge on any atom is -0.493 e. The van der Waals surface area contributed by atoms with Crippen LogP contribution in [0.2, 0.25) is 0 Å². The summed E-state index contributed by atoms with van der Waals surface area (Å²) in [5.41, 5.74) is 6.81. The Morgan fingerprint density at radius 3 is 2.32 bits per heavy atom. The largest absolute Gasteiger partial charge is 0.493 e. The van der Waals surface area contributed by atoms with Crippen molar-refractivity contribution in [1.29, 1.82) is 0 Å². The highest BCUT2D eigenvalue weighted by molar-refractivity contribution is 6.02. The van der Waals surface area contributed by atoms with E-state index in [1.807, 2.05) is 13.0 Å². The highest BCUT2D eigenvalue weighted by atomic mass is 16.5. The molecular formula is C34H47N3O4. The van der Waals surface area contributed by atoms with Gasteiger partial charge < -0.3 is 24.2 Å². The summed E-state index contributed by atoms with van der Waals surface area (Å²) in [4.78, 5) is 15.6. The van der Waals surface area contributed by atoms with Gasteiger partial charge in [-0.2, -0.15) is 0 Å². The zero-order valence-electron chi connectivity index (χ0n) is 25.8. The molecule has 0 saturated heterocycles. The molecule has 222 valence electrons. The quantitative estimate of drug-likeness (QED) is 0.221. The number of fused-ring (bicyclic) bond motifs is 1. The molecule has 2 aromatic carbocycles. The van der Waals surface area contributed by atoms with Crippen molar-refractivity contribution < 1.29 is 18.8 Å². The van der Waals surface area contributed by atoms with Crippen molar-refractivity contribution in [2.24, 2.45) is 0 Å². The molecule has 0 bridgehead atoms. The Hall–Kier alpha value is -3.32. The summed E-state index contributed by atoms with van der Waals surface area (Å²) >= 11 is 0. The topological polar surface area (TPSA) is 76.8 Å². The van der Waals surface area contributed by atoms with Crippen molar-refractivity contribution in [1.82, 2.24) is 15.4 Å². The maximum absolute atomic E-state index is 13.2. The van der Waals surface area contributed by atoms with Gasteiger partial charge in [-0.25, -0.2) is 0 Å². The highest BCUT2D eigenvalue weighted by Crippen LogP contribution is 2.44. The van der Waals surface area contributed by atoms with E-state index in [4.69, 9.17) is 14.0 Å². The summed E-state index contributed by atoms with van der Waals surface area (Å²) < 4.78 is 18.5. The zero-order valence-corrected chi connectivity index (χ0v) is 25.8. The Labute approximate surface area is 245 Å². The summed E-state index contributed by atoms with van der Waals surface area (Å²) in [6.45, 7) is 14.3. The van der Waals surface area contributed by atoms with Crippen LogP contribution in [0.5, 0.6) is 11.5 Å². The van der Waals surface area contributed by atoms with Crippen molar-refractivity contribution >= 4 is 5.91 Å². The molecule has 0 aliphatic carbocycles. The number of carbonyl (C=O) groups excluding carboxylic acids is 1. The van der Waals surface area contributed by atoms with Gasteiger partial charge >= 0.3 is 0 Å². The van der Waals surface area contributed by atoms with Gasteiger partial charge in [0.2, 0.25) is 5.76 Å². The summed E-state index contributed by atoms with van der Waals surface area (Å²) in [6, 6.07) is 10.6. The number of rotatable bonds is 13. The number of benzene rings is 2. The van der Waals surface area contributed by atoms with Gasteiger partial charge in [-0.1, -0.05) is 63.9 Å². The second-order valence-corrected chi connectivity index (χ2v) is 11.3. The third-order valence-electron chi connectivity index (χ3n) is 7.76. The molecular weight excluding hydrogens is 514 g/mol. The number of nitrogens with zero attached hydrogens (tertiary/aromatic N) is 2.